The molecule has 1 amide bonds. The van der Waals surface area contributed by atoms with E-state index in [9.17, 15) is 4.79 Å². The van der Waals surface area contributed by atoms with E-state index in [0.717, 1.165) is 24.0 Å². The fraction of sp³-hybridized carbons (Fsp3) is 0.185. The van der Waals surface area contributed by atoms with Gasteiger partial charge in [0.05, 0.1) is 17.1 Å². The average molecular weight is 442 g/mol. The van der Waals surface area contributed by atoms with Crippen molar-refractivity contribution in [3.05, 3.63) is 113 Å². The number of hydrogen-bond donors (Lipinski definition) is 0. The van der Waals surface area contributed by atoms with E-state index in [1.165, 1.54) is 11.1 Å². The van der Waals surface area contributed by atoms with Crippen LogP contribution >= 0.6 is 11.6 Å². The van der Waals surface area contributed by atoms with E-state index in [0.29, 0.717) is 23.7 Å². The molecule has 0 saturated carbocycles. The third kappa shape index (κ3) is 4.24. The highest BCUT2D eigenvalue weighted by Gasteiger charge is 2.28. The number of hydrogen-bond acceptors (Lipinski definition) is 3. The number of nitrogens with zero attached hydrogens (tertiary/aromatic N) is 3. The Balaban J connectivity index is 1.34. The minimum Gasteiger partial charge on any atom is -0.336 e. The monoisotopic (exact) mass is 441 g/mol. The molecule has 4 aromatic rings. The molecule has 4 nitrogen and oxygen atoms in total. The van der Waals surface area contributed by atoms with E-state index in [1.54, 1.807) is 6.20 Å². The molecule has 1 aromatic heterocycles. The number of amides is 1. The Morgan fingerprint density at radius 3 is 2.06 bits per heavy atom. The highest BCUT2D eigenvalue weighted by molar-refractivity contribution is 6.31. The van der Waals surface area contributed by atoms with Crippen LogP contribution in [0.1, 0.15) is 27.5 Å². The quantitative estimate of drug-likeness (QED) is 0.423. The van der Waals surface area contributed by atoms with Crippen LogP contribution < -0.4 is 0 Å². The van der Waals surface area contributed by atoms with Gasteiger partial charge in [0.25, 0.3) is 5.91 Å². The normalized spacial score (nSPS) is 14.8. The molecule has 0 spiro atoms. The second kappa shape index (κ2) is 9.11. The molecule has 3 aromatic carbocycles. The van der Waals surface area contributed by atoms with Crippen LogP contribution in [0.25, 0.3) is 10.9 Å². The van der Waals surface area contributed by atoms with Crippen molar-refractivity contribution in [3.8, 4) is 0 Å². The maximum absolute atomic E-state index is 13.2. The maximum atomic E-state index is 13.2. The summed E-state index contributed by atoms with van der Waals surface area (Å²) in [7, 11) is 0. The lowest BCUT2D eigenvalue weighted by atomic mass is 9.96. The Hall–Kier alpha value is -3.21. The lowest BCUT2D eigenvalue weighted by molar-refractivity contribution is 0.0597. The van der Waals surface area contributed by atoms with E-state index in [-0.39, 0.29) is 11.9 Å². The third-order valence-electron chi connectivity index (χ3n) is 6.09. The molecule has 0 atom stereocenters. The molecule has 0 aliphatic carbocycles. The van der Waals surface area contributed by atoms with Gasteiger partial charge in [-0.3, -0.25) is 14.7 Å². The van der Waals surface area contributed by atoms with E-state index >= 15 is 0 Å². The summed E-state index contributed by atoms with van der Waals surface area (Å²) in [4.78, 5) is 22.0. The van der Waals surface area contributed by atoms with Crippen LogP contribution in [0.15, 0.2) is 91.1 Å². The largest absolute Gasteiger partial charge is 0.336 e. The fourth-order valence-corrected chi connectivity index (χ4v) is 4.65. The standard InChI is InChI=1S/C27H24ClN3O/c28-24-11-12-25-22(18-24)17-23(19-29-25)27(32)31-15-13-30(14-16-31)26(20-7-3-1-4-8-20)21-9-5-2-6-10-21/h1-12,17-19,26H,13-16H2. The molecule has 32 heavy (non-hydrogen) atoms. The molecular weight excluding hydrogens is 418 g/mol. The van der Waals surface area contributed by atoms with Gasteiger partial charge in [0.2, 0.25) is 0 Å². The molecule has 5 rings (SSSR count). The van der Waals surface area contributed by atoms with Crippen LogP contribution in [0.3, 0.4) is 0 Å². The Morgan fingerprint density at radius 2 is 1.44 bits per heavy atom. The van der Waals surface area contributed by atoms with Crippen molar-refractivity contribution in [1.82, 2.24) is 14.8 Å². The SMILES string of the molecule is O=C(c1cnc2ccc(Cl)cc2c1)N1CCN(C(c2ccccc2)c2ccccc2)CC1. The molecular formula is C27H24ClN3O. The van der Waals surface area contributed by atoms with Crippen molar-refractivity contribution >= 4 is 28.4 Å². The van der Waals surface area contributed by atoms with Gasteiger partial charge >= 0.3 is 0 Å². The number of halogens is 1. The van der Waals surface area contributed by atoms with Crippen molar-refractivity contribution in [3.63, 3.8) is 0 Å². The zero-order valence-corrected chi connectivity index (χ0v) is 18.4. The Morgan fingerprint density at radius 1 is 0.812 bits per heavy atom. The van der Waals surface area contributed by atoms with Gasteiger partial charge in [0, 0.05) is 42.8 Å². The number of carbonyl (C=O) groups excluding carboxylic acids is 1. The first kappa shape index (κ1) is 20.7. The van der Waals surface area contributed by atoms with Crippen LogP contribution in [-0.4, -0.2) is 46.9 Å². The van der Waals surface area contributed by atoms with E-state index in [4.69, 9.17) is 11.6 Å². The highest BCUT2D eigenvalue weighted by atomic mass is 35.5. The molecule has 1 aliphatic rings. The number of aromatic nitrogens is 1. The zero-order valence-electron chi connectivity index (χ0n) is 17.7. The molecule has 0 bridgehead atoms. The molecule has 5 heteroatoms. The minimum atomic E-state index is 0.0231. The van der Waals surface area contributed by atoms with Crippen LogP contribution in [0, 0.1) is 0 Å². The van der Waals surface area contributed by atoms with Gasteiger partial charge in [0.15, 0.2) is 0 Å². The number of pyridine rings is 1. The predicted molar refractivity (Wildman–Crippen MR) is 129 cm³/mol. The predicted octanol–water partition coefficient (Wildman–Crippen LogP) is 5.44. The summed E-state index contributed by atoms with van der Waals surface area (Å²) in [5.41, 5.74) is 3.99. The Kier molecular flexibility index (Phi) is 5.89. The van der Waals surface area contributed by atoms with Crippen molar-refractivity contribution < 1.29 is 4.79 Å². The summed E-state index contributed by atoms with van der Waals surface area (Å²) >= 11 is 6.12. The first-order valence-electron chi connectivity index (χ1n) is 10.9. The third-order valence-corrected chi connectivity index (χ3v) is 6.32. The highest BCUT2D eigenvalue weighted by Crippen LogP contribution is 2.29. The topological polar surface area (TPSA) is 36.4 Å². The molecule has 0 N–H and O–H groups in total. The van der Waals surface area contributed by atoms with Crippen LogP contribution in [-0.2, 0) is 0 Å². The van der Waals surface area contributed by atoms with E-state index < -0.39 is 0 Å². The van der Waals surface area contributed by atoms with Gasteiger partial charge in [-0.2, -0.15) is 0 Å². The van der Waals surface area contributed by atoms with E-state index in [1.807, 2.05) is 41.3 Å². The van der Waals surface area contributed by atoms with Crippen molar-refractivity contribution in [1.29, 1.82) is 0 Å². The van der Waals surface area contributed by atoms with Crippen molar-refractivity contribution in [2.45, 2.75) is 6.04 Å². The fourth-order valence-electron chi connectivity index (χ4n) is 4.47. The Labute approximate surface area is 193 Å². The summed E-state index contributed by atoms with van der Waals surface area (Å²) < 4.78 is 0. The summed E-state index contributed by atoms with van der Waals surface area (Å²) in [6.07, 6.45) is 1.67. The summed E-state index contributed by atoms with van der Waals surface area (Å²) in [6, 6.07) is 28.8. The number of benzene rings is 3. The van der Waals surface area contributed by atoms with Crippen molar-refractivity contribution in [2.24, 2.45) is 0 Å². The second-order valence-corrected chi connectivity index (χ2v) is 8.55. The molecule has 1 aliphatic heterocycles. The lowest BCUT2D eigenvalue weighted by Crippen LogP contribution is -2.49. The van der Waals surface area contributed by atoms with Gasteiger partial charge in [-0.15, -0.1) is 0 Å². The first-order valence-corrected chi connectivity index (χ1v) is 11.3. The summed E-state index contributed by atoms with van der Waals surface area (Å²) in [5, 5.41) is 1.53. The smallest absolute Gasteiger partial charge is 0.255 e. The summed E-state index contributed by atoms with van der Waals surface area (Å²) in [6.45, 7) is 2.99. The van der Waals surface area contributed by atoms with Crippen LogP contribution in [0.4, 0.5) is 0 Å². The van der Waals surface area contributed by atoms with Gasteiger partial charge in [0.1, 0.15) is 0 Å². The molecule has 1 fully saturated rings. The number of carbonyl (C=O) groups is 1. The van der Waals surface area contributed by atoms with Crippen molar-refractivity contribution in [2.75, 3.05) is 26.2 Å². The minimum absolute atomic E-state index is 0.0231. The van der Waals surface area contributed by atoms with Gasteiger partial charge in [-0.25, -0.2) is 0 Å². The van der Waals surface area contributed by atoms with Gasteiger partial charge in [-0.05, 0) is 35.4 Å². The number of fused-ring (bicyclic) bond motifs is 1. The molecule has 0 unspecified atom stereocenters. The lowest BCUT2D eigenvalue weighted by Gasteiger charge is -2.39. The molecule has 160 valence electrons. The average Bonchev–Trinajstić information content (AvgIpc) is 2.85. The molecule has 1 saturated heterocycles. The summed E-state index contributed by atoms with van der Waals surface area (Å²) in [5.74, 6) is 0.0231. The maximum Gasteiger partial charge on any atom is 0.255 e. The van der Waals surface area contributed by atoms with Crippen LogP contribution in [0.5, 0.6) is 0 Å². The zero-order chi connectivity index (χ0) is 21.9. The number of piperazine rings is 1. The van der Waals surface area contributed by atoms with Gasteiger partial charge < -0.3 is 4.90 Å². The van der Waals surface area contributed by atoms with Crippen LogP contribution in [0.2, 0.25) is 5.02 Å². The first-order chi connectivity index (χ1) is 15.7. The molecule has 0 radical (unpaired) electrons. The molecule has 2 heterocycles. The second-order valence-electron chi connectivity index (χ2n) is 8.11. The van der Waals surface area contributed by atoms with Gasteiger partial charge in [-0.1, -0.05) is 72.3 Å². The Bertz CT molecular complexity index is 1180. The van der Waals surface area contributed by atoms with E-state index in [2.05, 4.69) is 58.4 Å². The number of rotatable bonds is 4.